The molecule has 154 valence electrons. The van der Waals surface area contributed by atoms with Gasteiger partial charge in [0.15, 0.2) is 5.05 Å². The number of ether oxygens (including phenoxy) is 1. The van der Waals surface area contributed by atoms with E-state index < -0.39 is 7.92 Å². The maximum atomic E-state index is 5.80. The van der Waals surface area contributed by atoms with Crippen molar-refractivity contribution in [3.8, 4) is 0 Å². The average molecular weight is 472 g/mol. The van der Waals surface area contributed by atoms with Gasteiger partial charge in [-0.25, -0.2) is 24.3 Å². The summed E-state index contributed by atoms with van der Waals surface area (Å²) in [6.07, 6.45) is -0.0371. The van der Waals surface area contributed by atoms with Gasteiger partial charge in [-0.15, -0.1) is 10.9 Å². The van der Waals surface area contributed by atoms with Gasteiger partial charge in [0.25, 0.3) is 0 Å². The van der Waals surface area contributed by atoms with Gasteiger partial charge in [-0.2, -0.15) is 24.3 Å². The van der Waals surface area contributed by atoms with Crippen LogP contribution in [0.2, 0.25) is 0 Å². The third kappa shape index (κ3) is 6.76. The Bertz CT molecular complexity index is 924. The quantitative estimate of drug-likeness (QED) is 0.153. The minimum atomic E-state index is -0.610. The van der Waals surface area contributed by atoms with E-state index in [9.17, 15) is 0 Å². The molecule has 0 heterocycles. The van der Waals surface area contributed by atoms with E-state index in [1.807, 2.05) is 37.3 Å². The number of thiocarbonyl (C=S) groups is 1. The molecule has 4 heteroatoms. The molecule has 0 unspecified atom stereocenters. The van der Waals surface area contributed by atoms with Crippen LogP contribution in [0.25, 0.3) is 0 Å². The fraction of sp³-hybridized carbons (Fsp3) is 0.115. The fourth-order valence-electron chi connectivity index (χ4n) is 3.19. The van der Waals surface area contributed by atoms with E-state index in [1.54, 1.807) is 0 Å². The van der Waals surface area contributed by atoms with Gasteiger partial charge in [-0.05, 0) is 37.7 Å². The van der Waals surface area contributed by atoms with Gasteiger partial charge in [0.1, 0.15) is 0 Å². The average Bonchev–Trinajstić information content (AvgIpc) is 3.45. The molecule has 1 atom stereocenters. The largest absolute Gasteiger partial charge is 2.00 e. The normalized spacial score (nSPS) is 11.0. The van der Waals surface area contributed by atoms with Gasteiger partial charge in [-0.1, -0.05) is 60.7 Å². The Hall–Kier alpha value is -2.02. The maximum Gasteiger partial charge on any atom is 2.00 e. The molecule has 30 heavy (non-hydrogen) atoms. The summed E-state index contributed by atoms with van der Waals surface area (Å²) in [6, 6.07) is 37.9. The van der Waals surface area contributed by atoms with Gasteiger partial charge in [0.2, 0.25) is 0 Å². The SMILES string of the molecule is CC(=S)O[C@H](C)[c-]1cccc1P(c1ccccc1)c1ccccc1.[Fe+2].c1cc[cH-]c1. The Balaban J connectivity index is 0.000000468. The zero-order valence-corrected chi connectivity index (χ0v) is 19.9. The van der Waals surface area contributed by atoms with Crippen LogP contribution in [0.15, 0.2) is 109 Å². The number of rotatable bonds is 5. The molecule has 4 aromatic rings. The molecule has 0 aliphatic rings. The smallest absolute Gasteiger partial charge is 0.492 e. The van der Waals surface area contributed by atoms with Gasteiger partial charge in [0.05, 0.1) is 6.10 Å². The molecule has 0 fully saturated rings. The van der Waals surface area contributed by atoms with Crippen molar-refractivity contribution in [3.05, 3.63) is 115 Å². The summed E-state index contributed by atoms with van der Waals surface area (Å²) in [5.41, 5.74) is 1.22. The molecule has 0 N–H and O–H groups in total. The van der Waals surface area contributed by atoms with Gasteiger partial charge in [0, 0.05) is 6.92 Å². The molecule has 0 aliphatic heterocycles. The Morgan fingerprint density at radius 3 is 1.83 bits per heavy atom. The zero-order chi connectivity index (χ0) is 20.5. The second-order valence-corrected chi connectivity index (χ2v) is 9.35. The van der Waals surface area contributed by atoms with E-state index >= 15 is 0 Å². The van der Waals surface area contributed by atoms with Crippen LogP contribution >= 0.6 is 20.1 Å². The first-order chi connectivity index (χ1) is 14.2. The van der Waals surface area contributed by atoms with Gasteiger partial charge < -0.3 is 4.74 Å². The van der Waals surface area contributed by atoms with Crippen molar-refractivity contribution >= 4 is 41.1 Å². The van der Waals surface area contributed by atoms with Crippen molar-refractivity contribution in [2.75, 3.05) is 0 Å². The maximum absolute atomic E-state index is 5.80. The van der Waals surface area contributed by atoms with Crippen molar-refractivity contribution in [3.63, 3.8) is 0 Å². The molecule has 4 rings (SSSR count). The van der Waals surface area contributed by atoms with E-state index in [-0.39, 0.29) is 23.2 Å². The monoisotopic (exact) mass is 472 g/mol. The molecule has 0 aliphatic carbocycles. The molecule has 0 amide bonds. The molecular formula is C26H25FeOPS. The van der Waals surface area contributed by atoms with Crippen molar-refractivity contribution in [2.24, 2.45) is 0 Å². The first kappa shape index (κ1) is 24.3. The van der Waals surface area contributed by atoms with E-state index in [1.165, 1.54) is 21.5 Å². The summed E-state index contributed by atoms with van der Waals surface area (Å²) in [7, 11) is -0.610. The Kier molecular flexibility index (Phi) is 10.2. The Labute approximate surface area is 197 Å². The molecule has 0 saturated carbocycles. The summed E-state index contributed by atoms with van der Waals surface area (Å²) in [6.45, 7) is 3.89. The van der Waals surface area contributed by atoms with E-state index in [0.717, 1.165) is 0 Å². The van der Waals surface area contributed by atoms with Crippen molar-refractivity contribution in [2.45, 2.75) is 20.0 Å². The molecule has 1 nitrogen and oxygen atoms in total. The molecule has 0 bridgehead atoms. The summed E-state index contributed by atoms with van der Waals surface area (Å²) in [5, 5.41) is 4.61. The summed E-state index contributed by atoms with van der Waals surface area (Å²) in [4.78, 5) is 0. The third-order valence-corrected chi connectivity index (χ3v) is 7.05. The van der Waals surface area contributed by atoms with Gasteiger partial charge in [-0.3, -0.25) is 0 Å². The fourth-order valence-corrected chi connectivity index (χ4v) is 5.88. The van der Waals surface area contributed by atoms with Crippen molar-refractivity contribution < 1.29 is 21.8 Å². The minimum Gasteiger partial charge on any atom is -0.492 e. The molecular weight excluding hydrogens is 447 g/mol. The van der Waals surface area contributed by atoms with Crippen LogP contribution in [0, 0.1) is 0 Å². The second-order valence-electron chi connectivity index (χ2n) is 6.59. The van der Waals surface area contributed by atoms with Gasteiger partial charge >= 0.3 is 17.1 Å². The van der Waals surface area contributed by atoms with Crippen molar-refractivity contribution in [1.82, 2.24) is 0 Å². The number of benzene rings is 2. The Morgan fingerprint density at radius 2 is 1.40 bits per heavy atom. The van der Waals surface area contributed by atoms with Crippen LogP contribution in [-0.4, -0.2) is 5.05 Å². The first-order valence-corrected chi connectivity index (χ1v) is 11.4. The number of hydrogen-bond acceptors (Lipinski definition) is 2. The molecule has 4 aromatic carbocycles. The predicted molar refractivity (Wildman–Crippen MR) is 131 cm³/mol. The van der Waals surface area contributed by atoms with Crippen LogP contribution in [0.1, 0.15) is 25.5 Å². The molecule has 0 radical (unpaired) electrons. The standard InChI is InChI=1S/C21H20OPS.C5H5.Fe/c1-16(22-17(2)24)20-14-9-15-21(20)23(18-10-5-3-6-11-18)19-12-7-4-8-13-19;1-2-4-5-3-1;/h3-16H,1-2H3;1-5H;/q2*-1;+2/t16-;;/m1../s1. The summed E-state index contributed by atoms with van der Waals surface area (Å²) < 4.78 is 5.80. The summed E-state index contributed by atoms with van der Waals surface area (Å²) >= 11 is 5.12. The van der Waals surface area contributed by atoms with E-state index in [4.69, 9.17) is 17.0 Å². The second kappa shape index (κ2) is 12.6. The predicted octanol–water partition coefficient (Wildman–Crippen LogP) is 5.99. The minimum absolute atomic E-state index is 0. The molecule has 0 spiro atoms. The van der Waals surface area contributed by atoms with Crippen LogP contribution < -0.4 is 15.9 Å². The zero-order valence-electron chi connectivity index (χ0n) is 17.1. The topological polar surface area (TPSA) is 9.23 Å². The molecule has 0 saturated heterocycles. The first-order valence-electron chi connectivity index (χ1n) is 9.66. The van der Waals surface area contributed by atoms with Crippen LogP contribution in [0.5, 0.6) is 0 Å². The third-order valence-electron chi connectivity index (χ3n) is 4.43. The van der Waals surface area contributed by atoms with Crippen LogP contribution in [0.4, 0.5) is 0 Å². The van der Waals surface area contributed by atoms with Crippen molar-refractivity contribution in [1.29, 1.82) is 0 Å². The molecule has 0 aromatic heterocycles. The van der Waals surface area contributed by atoms with E-state index in [0.29, 0.717) is 5.05 Å². The van der Waals surface area contributed by atoms with E-state index in [2.05, 4.69) is 85.8 Å². The Morgan fingerprint density at radius 1 is 0.867 bits per heavy atom. The van der Waals surface area contributed by atoms with Crippen LogP contribution in [-0.2, 0) is 21.8 Å². The summed E-state index contributed by atoms with van der Waals surface area (Å²) in [5.74, 6) is 0. The number of hydrogen-bond donors (Lipinski definition) is 0. The van der Waals surface area contributed by atoms with Crippen LogP contribution in [0.3, 0.4) is 0 Å².